The number of ether oxygens (including phenoxy) is 1. The van der Waals surface area contributed by atoms with Crippen molar-refractivity contribution in [2.75, 3.05) is 13.1 Å². The van der Waals surface area contributed by atoms with Crippen molar-refractivity contribution >= 4 is 10.9 Å². The monoisotopic (exact) mass is 258 g/mol. The first kappa shape index (κ1) is 13.8. The molecule has 0 aliphatic heterocycles. The predicted molar refractivity (Wildman–Crippen MR) is 79.5 cm³/mol. The van der Waals surface area contributed by atoms with Crippen LogP contribution < -0.4 is 10.1 Å². The molecule has 1 aromatic carbocycles. The van der Waals surface area contributed by atoms with Crippen LogP contribution in [0.4, 0.5) is 0 Å². The number of hydrogen-bond donors (Lipinski definition) is 1. The van der Waals surface area contributed by atoms with E-state index in [1.165, 1.54) is 0 Å². The second-order valence-electron chi connectivity index (χ2n) is 5.03. The zero-order chi connectivity index (χ0) is 13.7. The molecule has 0 aliphatic carbocycles. The standard InChI is InChI=1S/C16H22N2O/c1-4-17-11-16(12(2)3)19-15-9-5-8-14-13(15)7-6-10-18-14/h5-10,12,16-17H,4,11H2,1-3H3. The summed E-state index contributed by atoms with van der Waals surface area (Å²) in [4.78, 5) is 4.36. The van der Waals surface area contributed by atoms with Gasteiger partial charge in [-0.3, -0.25) is 4.98 Å². The minimum Gasteiger partial charge on any atom is -0.488 e. The van der Waals surface area contributed by atoms with Crippen LogP contribution in [0, 0.1) is 5.92 Å². The number of fused-ring (bicyclic) bond motifs is 1. The Hall–Kier alpha value is -1.61. The molecule has 0 bridgehead atoms. The summed E-state index contributed by atoms with van der Waals surface area (Å²) >= 11 is 0. The molecule has 0 amide bonds. The summed E-state index contributed by atoms with van der Waals surface area (Å²) < 4.78 is 6.19. The van der Waals surface area contributed by atoms with E-state index in [1.54, 1.807) is 0 Å². The number of rotatable bonds is 6. The highest BCUT2D eigenvalue weighted by molar-refractivity contribution is 5.84. The van der Waals surface area contributed by atoms with Crippen LogP contribution in [-0.2, 0) is 0 Å². The molecule has 2 rings (SSSR count). The minimum atomic E-state index is 0.172. The molecule has 1 unspecified atom stereocenters. The van der Waals surface area contributed by atoms with Crippen LogP contribution >= 0.6 is 0 Å². The third-order valence-electron chi connectivity index (χ3n) is 3.22. The van der Waals surface area contributed by atoms with Gasteiger partial charge in [0.05, 0.1) is 5.52 Å². The predicted octanol–water partition coefficient (Wildman–Crippen LogP) is 3.25. The van der Waals surface area contributed by atoms with E-state index >= 15 is 0 Å². The van der Waals surface area contributed by atoms with Crippen molar-refractivity contribution in [3.8, 4) is 5.75 Å². The smallest absolute Gasteiger partial charge is 0.129 e. The molecule has 1 atom stereocenters. The van der Waals surface area contributed by atoms with Crippen LogP contribution in [0.25, 0.3) is 10.9 Å². The molecule has 2 aromatic rings. The van der Waals surface area contributed by atoms with Gasteiger partial charge in [-0.25, -0.2) is 0 Å². The molecule has 0 saturated heterocycles. The molecule has 0 saturated carbocycles. The maximum absolute atomic E-state index is 6.19. The van der Waals surface area contributed by atoms with Crippen LogP contribution in [0.5, 0.6) is 5.75 Å². The maximum Gasteiger partial charge on any atom is 0.129 e. The number of nitrogens with one attached hydrogen (secondary N) is 1. The lowest BCUT2D eigenvalue weighted by Crippen LogP contribution is -2.35. The molecule has 19 heavy (non-hydrogen) atoms. The molecule has 0 aliphatic rings. The first-order valence-corrected chi connectivity index (χ1v) is 6.93. The lowest BCUT2D eigenvalue weighted by Gasteiger charge is -2.23. The van der Waals surface area contributed by atoms with Gasteiger partial charge in [-0.1, -0.05) is 26.8 Å². The Balaban J connectivity index is 2.23. The van der Waals surface area contributed by atoms with Gasteiger partial charge >= 0.3 is 0 Å². The summed E-state index contributed by atoms with van der Waals surface area (Å²) in [5, 5.41) is 4.43. The number of pyridine rings is 1. The van der Waals surface area contributed by atoms with Crippen LogP contribution in [0.1, 0.15) is 20.8 Å². The van der Waals surface area contributed by atoms with Crippen molar-refractivity contribution in [3.05, 3.63) is 36.5 Å². The Kier molecular flexibility index (Phi) is 4.74. The minimum absolute atomic E-state index is 0.172. The molecule has 1 N–H and O–H groups in total. The highest BCUT2D eigenvalue weighted by atomic mass is 16.5. The Morgan fingerprint density at radius 1 is 1.21 bits per heavy atom. The van der Waals surface area contributed by atoms with Crippen LogP contribution in [0.15, 0.2) is 36.5 Å². The van der Waals surface area contributed by atoms with Gasteiger partial charge in [-0.05, 0) is 36.7 Å². The van der Waals surface area contributed by atoms with Crippen LogP contribution in [0.3, 0.4) is 0 Å². The molecular weight excluding hydrogens is 236 g/mol. The highest BCUT2D eigenvalue weighted by Gasteiger charge is 2.15. The zero-order valence-electron chi connectivity index (χ0n) is 11.9. The first-order valence-electron chi connectivity index (χ1n) is 6.93. The van der Waals surface area contributed by atoms with Crippen molar-refractivity contribution in [1.82, 2.24) is 10.3 Å². The molecule has 0 radical (unpaired) electrons. The average Bonchev–Trinajstić information content (AvgIpc) is 2.43. The fourth-order valence-corrected chi connectivity index (χ4v) is 2.04. The highest BCUT2D eigenvalue weighted by Crippen LogP contribution is 2.25. The van der Waals surface area contributed by atoms with E-state index in [2.05, 4.69) is 37.1 Å². The molecule has 102 valence electrons. The Labute approximate surface area is 115 Å². The van der Waals surface area contributed by atoms with Crippen LogP contribution in [-0.4, -0.2) is 24.2 Å². The molecule has 1 heterocycles. The second kappa shape index (κ2) is 6.53. The first-order chi connectivity index (χ1) is 9.22. The van der Waals surface area contributed by atoms with Gasteiger partial charge in [-0.2, -0.15) is 0 Å². The Morgan fingerprint density at radius 2 is 2.05 bits per heavy atom. The summed E-state index contributed by atoms with van der Waals surface area (Å²) in [5.74, 6) is 1.38. The second-order valence-corrected chi connectivity index (χ2v) is 5.03. The van der Waals surface area contributed by atoms with Crippen molar-refractivity contribution in [2.45, 2.75) is 26.9 Å². The number of hydrogen-bond acceptors (Lipinski definition) is 3. The van der Waals surface area contributed by atoms with Crippen molar-refractivity contribution in [1.29, 1.82) is 0 Å². The summed E-state index contributed by atoms with van der Waals surface area (Å²) in [6.45, 7) is 8.31. The van der Waals surface area contributed by atoms with E-state index in [0.717, 1.165) is 29.7 Å². The van der Waals surface area contributed by atoms with Gasteiger partial charge in [0.25, 0.3) is 0 Å². The normalized spacial score (nSPS) is 12.8. The van der Waals surface area contributed by atoms with E-state index < -0.39 is 0 Å². The lowest BCUT2D eigenvalue weighted by atomic mass is 10.1. The number of benzene rings is 1. The third-order valence-corrected chi connectivity index (χ3v) is 3.22. The average molecular weight is 258 g/mol. The van der Waals surface area contributed by atoms with Crippen molar-refractivity contribution in [2.24, 2.45) is 5.92 Å². The largest absolute Gasteiger partial charge is 0.488 e. The number of likely N-dealkylation sites (N-methyl/N-ethyl adjacent to an activating group) is 1. The van der Waals surface area contributed by atoms with Crippen molar-refractivity contribution in [3.63, 3.8) is 0 Å². The van der Waals surface area contributed by atoms with E-state index in [9.17, 15) is 0 Å². The fourth-order valence-electron chi connectivity index (χ4n) is 2.04. The summed E-state index contributed by atoms with van der Waals surface area (Å²) in [5.41, 5.74) is 0.978. The van der Waals surface area contributed by atoms with Gasteiger partial charge in [0, 0.05) is 18.1 Å². The molecule has 0 spiro atoms. The van der Waals surface area contributed by atoms with E-state index in [1.807, 2.05) is 30.5 Å². The van der Waals surface area contributed by atoms with Gasteiger partial charge < -0.3 is 10.1 Å². The fraction of sp³-hybridized carbons (Fsp3) is 0.438. The Morgan fingerprint density at radius 3 is 2.79 bits per heavy atom. The summed E-state index contributed by atoms with van der Waals surface area (Å²) in [6, 6.07) is 10.0. The van der Waals surface area contributed by atoms with E-state index in [-0.39, 0.29) is 6.10 Å². The molecule has 1 aromatic heterocycles. The van der Waals surface area contributed by atoms with E-state index in [0.29, 0.717) is 5.92 Å². The SMILES string of the molecule is CCNCC(Oc1cccc2ncccc12)C(C)C. The quantitative estimate of drug-likeness (QED) is 0.863. The van der Waals surface area contributed by atoms with Crippen molar-refractivity contribution < 1.29 is 4.74 Å². The zero-order valence-corrected chi connectivity index (χ0v) is 11.9. The van der Waals surface area contributed by atoms with Gasteiger partial charge in [-0.15, -0.1) is 0 Å². The lowest BCUT2D eigenvalue weighted by molar-refractivity contribution is 0.151. The van der Waals surface area contributed by atoms with Gasteiger partial charge in [0.15, 0.2) is 0 Å². The Bertz CT molecular complexity index is 520. The van der Waals surface area contributed by atoms with Crippen LogP contribution in [0.2, 0.25) is 0 Å². The molecule has 3 nitrogen and oxygen atoms in total. The number of aromatic nitrogens is 1. The van der Waals surface area contributed by atoms with Gasteiger partial charge in [0.1, 0.15) is 11.9 Å². The van der Waals surface area contributed by atoms with E-state index in [4.69, 9.17) is 4.74 Å². The number of nitrogens with zero attached hydrogens (tertiary/aromatic N) is 1. The molecule has 3 heteroatoms. The maximum atomic E-state index is 6.19. The summed E-state index contributed by atoms with van der Waals surface area (Å²) in [7, 11) is 0. The van der Waals surface area contributed by atoms with Gasteiger partial charge in [0.2, 0.25) is 0 Å². The topological polar surface area (TPSA) is 34.1 Å². The molecular formula is C16H22N2O. The summed E-state index contributed by atoms with van der Waals surface area (Å²) in [6.07, 6.45) is 1.98. The third kappa shape index (κ3) is 3.44. The molecule has 0 fully saturated rings.